The van der Waals surface area contributed by atoms with Crippen molar-refractivity contribution in [2.45, 2.75) is 38.5 Å². The summed E-state index contributed by atoms with van der Waals surface area (Å²) in [6, 6.07) is 3.06. The third-order valence-electron chi connectivity index (χ3n) is 3.33. The Morgan fingerprint density at radius 2 is 2.04 bits per heavy atom. The van der Waals surface area contributed by atoms with Gasteiger partial charge in [-0.25, -0.2) is 4.79 Å². The summed E-state index contributed by atoms with van der Waals surface area (Å²) in [5.74, 6) is -0.222. The van der Waals surface area contributed by atoms with E-state index < -0.39 is 11.7 Å². The average molecular weight is 361 g/mol. The highest BCUT2D eigenvalue weighted by Gasteiger charge is 2.38. The van der Waals surface area contributed by atoms with Gasteiger partial charge in [-0.2, -0.15) is 0 Å². The van der Waals surface area contributed by atoms with Crippen LogP contribution in [0.1, 0.15) is 30.4 Å². The molecule has 8 heteroatoms. The van der Waals surface area contributed by atoms with Gasteiger partial charge in [0.25, 0.3) is 5.91 Å². The van der Waals surface area contributed by atoms with E-state index in [0.717, 1.165) is 0 Å². The Bertz CT molecular complexity index is 584. The van der Waals surface area contributed by atoms with Crippen molar-refractivity contribution in [1.29, 1.82) is 0 Å². The molecule has 1 aromatic heterocycles. The highest BCUT2D eigenvalue weighted by molar-refractivity contribution is 7.18. The van der Waals surface area contributed by atoms with E-state index in [1.54, 1.807) is 24.1 Å². The van der Waals surface area contributed by atoms with Crippen LogP contribution in [0.25, 0.3) is 0 Å². The fraction of sp³-hybridized carbons (Fsp3) is 0.600. The molecule has 1 N–H and O–H groups in total. The molecule has 1 saturated heterocycles. The van der Waals surface area contributed by atoms with Crippen LogP contribution < -0.4 is 5.32 Å². The second-order valence-electron chi connectivity index (χ2n) is 6.34. The van der Waals surface area contributed by atoms with E-state index in [2.05, 4.69) is 5.32 Å². The number of likely N-dealkylation sites (tertiary alicyclic amines) is 1. The molecular weight excluding hydrogens is 340 g/mol. The predicted octanol–water partition coefficient (Wildman–Crippen LogP) is 2.77. The van der Waals surface area contributed by atoms with Crippen molar-refractivity contribution < 1.29 is 19.1 Å². The zero-order valence-electron chi connectivity index (χ0n) is 13.6. The molecule has 1 aliphatic heterocycles. The number of nitrogens with zero attached hydrogens (tertiary/aromatic N) is 1. The Hall–Kier alpha value is -1.31. The van der Waals surface area contributed by atoms with Gasteiger partial charge < -0.3 is 19.7 Å². The SMILES string of the molecule is CO[C@H]1CN(C(=O)OC(C)(C)C)C[C@@H]1NC(=O)c1ccc(Cl)s1. The van der Waals surface area contributed by atoms with Gasteiger partial charge in [-0.1, -0.05) is 11.6 Å². The maximum atomic E-state index is 12.2. The second kappa shape index (κ2) is 7.07. The highest BCUT2D eigenvalue weighted by Crippen LogP contribution is 2.22. The quantitative estimate of drug-likeness (QED) is 0.900. The van der Waals surface area contributed by atoms with Gasteiger partial charge in [-0.05, 0) is 32.9 Å². The summed E-state index contributed by atoms with van der Waals surface area (Å²) in [6.07, 6.45) is -0.683. The normalized spacial score (nSPS) is 21.3. The van der Waals surface area contributed by atoms with Crippen LogP contribution in [0.2, 0.25) is 4.34 Å². The zero-order chi connectivity index (χ0) is 17.2. The fourth-order valence-electron chi connectivity index (χ4n) is 2.30. The molecule has 1 aliphatic rings. The van der Waals surface area contributed by atoms with Crippen LogP contribution in [0, 0.1) is 0 Å². The summed E-state index contributed by atoms with van der Waals surface area (Å²) >= 11 is 7.06. The van der Waals surface area contributed by atoms with Crippen molar-refractivity contribution in [3.63, 3.8) is 0 Å². The van der Waals surface area contributed by atoms with E-state index in [1.165, 1.54) is 11.3 Å². The summed E-state index contributed by atoms with van der Waals surface area (Å²) < 4.78 is 11.3. The maximum absolute atomic E-state index is 12.2. The summed E-state index contributed by atoms with van der Waals surface area (Å²) in [5, 5.41) is 2.90. The Morgan fingerprint density at radius 3 is 2.57 bits per heavy atom. The highest BCUT2D eigenvalue weighted by atomic mass is 35.5. The third-order valence-corrected chi connectivity index (χ3v) is 4.56. The lowest BCUT2D eigenvalue weighted by Crippen LogP contribution is -2.43. The van der Waals surface area contributed by atoms with Crippen LogP contribution >= 0.6 is 22.9 Å². The van der Waals surface area contributed by atoms with Crippen molar-refractivity contribution in [2.75, 3.05) is 20.2 Å². The number of carbonyl (C=O) groups is 2. The first-order valence-corrected chi connectivity index (χ1v) is 8.46. The number of hydrogen-bond acceptors (Lipinski definition) is 5. The van der Waals surface area contributed by atoms with Gasteiger partial charge in [-0.3, -0.25) is 4.79 Å². The number of thiophene rings is 1. The van der Waals surface area contributed by atoms with Crippen LogP contribution in [-0.4, -0.2) is 54.8 Å². The first-order chi connectivity index (χ1) is 10.7. The minimum Gasteiger partial charge on any atom is -0.444 e. The number of nitrogens with one attached hydrogen (secondary N) is 1. The molecule has 1 aromatic rings. The molecule has 0 aliphatic carbocycles. The molecule has 0 radical (unpaired) electrons. The zero-order valence-corrected chi connectivity index (χ0v) is 15.2. The lowest BCUT2D eigenvalue weighted by atomic mass is 10.2. The topological polar surface area (TPSA) is 67.9 Å². The van der Waals surface area contributed by atoms with Gasteiger partial charge in [0.15, 0.2) is 0 Å². The van der Waals surface area contributed by atoms with Crippen LogP contribution in [-0.2, 0) is 9.47 Å². The molecule has 1 fully saturated rings. The van der Waals surface area contributed by atoms with Crippen molar-refractivity contribution in [1.82, 2.24) is 10.2 Å². The standard InChI is InChI=1S/C15H21ClN2O4S/c1-15(2,3)22-14(20)18-7-9(10(8-18)21-4)17-13(19)11-5-6-12(16)23-11/h5-6,9-10H,7-8H2,1-4H3,(H,17,19)/t9-,10-/m0/s1. The number of rotatable bonds is 3. The maximum Gasteiger partial charge on any atom is 0.410 e. The molecule has 6 nitrogen and oxygen atoms in total. The van der Waals surface area contributed by atoms with Gasteiger partial charge in [0.05, 0.1) is 27.9 Å². The first-order valence-electron chi connectivity index (χ1n) is 7.26. The molecule has 0 unspecified atom stereocenters. The van der Waals surface area contributed by atoms with Gasteiger partial charge in [0.2, 0.25) is 0 Å². The monoisotopic (exact) mass is 360 g/mol. The summed E-state index contributed by atoms with van der Waals surface area (Å²) in [6.45, 7) is 6.16. The molecule has 2 atom stereocenters. The summed E-state index contributed by atoms with van der Waals surface area (Å²) in [4.78, 5) is 26.5. The second-order valence-corrected chi connectivity index (χ2v) is 8.06. The van der Waals surface area contributed by atoms with E-state index in [9.17, 15) is 9.59 Å². The minimum atomic E-state index is -0.561. The van der Waals surface area contributed by atoms with Gasteiger partial charge in [-0.15, -0.1) is 11.3 Å². The molecule has 23 heavy (non-hydrogen) atoms. The predicted molar refractivity (Wildman–Crippen MR) is 89.2 cm³/mol. The minimum absolute atomic E-state index is 0.222. The Balaban J connectivity index is 1.99. The van der Waals surface area contributed by atoms with Crippen LogP contribution in [0.4, 0.5) is 4.79 Å². The number of halogens is 1. The molecule has 0 saturated carbocycles. The van der Waals surface area contributed by atoms with E-state index >= 15 is 0 Å². The third kappa shape index (κ3) is 4.83. The molecule has 0 bridgehead atoms. The van der Waals surface area contributed by atoms with Crippen LogP contribution in [0.3, 0.4) is 0 Å². The molecule has 2 rings (SSSR count). The van der Waals surface area contributed by atoms with Crippen molar-refractivity contribution >= 4 is 34.9 Å². The van der Waals surface area contributed by atoms with Crippen LogP contribution in [0.15, 0.2) is 12.1 Å². The average Bonchev–Trinajstić information content (AvgIpc) is 3.03. The Morgan fingerprint density at radius 1 is 1.35 bits per heavy atom. The number of carbonyl (C=O) groups excluding carboxylic acids is 2. The Labute approximate surface area is 144 Å². The summed E-state index contributed by atoms with van der Waals surface area (Å²) in [5.41, 5.74) is -0.561. The molecular formula is C15H21ClN2O4S. The number of hydrogen-bond donors (Lipinski definition) is 1. The number of methoxy groups -OCH3 is 1. The van der Waals surface area contributed by atoms with E-state index in [-0.39, 0.29) is 18.1 Å². The van der Waals surface area contributed by atoms with E-state index in [0.29, 0.717) is 22.3 Å². The van der Waals surface area contributed by atoms with Crippen molar-refractivity contribution in [2.24, 2.45) is 0 Å². The first kappa shape index (κ1) is 18.0. The van der Waals surface area contributed by atoms with Crippen LogP contribution in [0.5, 0.6) is 0 Å². The smallest absolute Gasteiger partial charge is 0.410 e. The molecule has 0 aromatic carbocycles. The molecule has 2 amide bonds. The number of amides is 2. The van der Waals surface area contributed by atoms with Gasteiger partial charge >= 0.3 is 6.09 Å². The fourth-order valence-corrected chi connectivity index (χ4v) is 3.25. The largest absolute Gasteiger partial charge is 0.444 e. The van der Waals surface area contributed by atoms with E-state index in [1.807, 2.05) is 20.8 Å². The van der Waals surface area contributed by atoms with Gasteiger partial charge in [0.1, 0.15) is 5.60 Å². The molecule has 128 valence electrons. The lowest BCUT2D eigenvalue weighted by Gasteiger charge is -2.24. The van der Waals surface area contributed by atoms with Gasteiger partial charge in [0, 0.05) is 13.7 Å². The molecule has 2 heterocycles. The lowest BCUT2D eigenvalue weighted by molar-refractivity contribution is 0.0252. The van der Waals surface area contributed by atoms with E-state index in [4.69, 9.17) is 21.1 Å². The Kier molecular flexibility index (Phi) is 5.54. The summed E-state index contributed by atoms with van der Waals surface area (Å²) in [7, 11) is 1.56. The van der Waals surface area contributed by atoms with Crippen molar-refractivity contribution in [3.05, 3.63) is 21.3 Å². The van der Waals surface area contributed by atoms with Crippen molar-refractivity contribution in [3.8, 4) is 0 Å². The molecule has 0 spiro atoms. The number of ether oxygens (including phenoxy) is 2.